The highest BCUT2D eigenvalue weighted by molar-refractivity contribution is 7.99. The minimum Gasteiger partial charge on any atom is -0.486 e. The van der Waals surface area contributed by atoms with E-state index in [9.17, 15) is 4.79 Å². The number of morpholine rings is 1. The number of ether oxygens (including phenoxy) is 9. The monoisotopic (exact) mass is 2200 g/mol. The molecule has 19 aliphatic rings. The van der Waals surface area contributed by atoms with Crippen molar-refractivity contribution in [1.82, 2.24) is 63.4 Å². The van der Waals surface area contributed by atoms with E-state index in [1.165, 1.54) is 235 Å². The first-order valence-electron chi connectivity index (χ1n) is 57.4. The van der Waals surface area contributed by atoms with Crippen molar-refractivity contribution in [3.8, 4) is 11.5 Å². The van der Waals surface area contributed by atoms with Crippen molar-refractivity contribution in [1.29, 1.82) is 0 Å². The van der Waals surface area contributed by atoms with Crippen molar-refractivity contribution in [2.24, 2.45) is 29.6 Å². The van der Waals surface area contributed by atoms with E-state index >= 15 is 0 Å². The fourth-order valence-electron chi connectivity index (χ4n) is 14.4. The molecule has 2 aromatic rings. The molecule has 17 aliphatic heterocycles. The lowest BCUT2D eigenvalue weighted by Crippen LogP contribution is -2.42. The third kappa shape index (κ3) is 134. The molecular formula is C126H296N12O10S2. The fourth-order valence-corrected chi connectivity index (χ4v) is 15.9. The summed E-state index contributed by atoms with van der Waals surface area (Å²) in [5.41, 5.74) is 2.98. The molecular weight excluding hydrogens is 1910 g/mol. The van der Waals surface area contributed by atoms with Crippen LogP contribution in [-0.2, 0) is 50.9 Å². The van der Waals surface area contributed by atoms with Crippen molar-refractivity contribution in [2.75, 3.05) is 247 Å². The lowest BCUT2D eigenvalue weighted by atomic mass is 9.82. The summed E-state index contributed by atoms with van der Waals surface area (Å²) in [4.78, 5) is 11.8. The molecule has 2 bridgehead atoms. The smallest absolute Gasteiger partial charge is 0.209 e. The number of nitrogens with one attached hydrogen (secondary N) is 11. The Labute approximate surface area is 959 Å². The van der Waals surface area contributed by atoms with Crippen molar-refractivity contribution in [3.05, 3.63) is 59.7 Å². The summed E-state index contributed by atoms with van der Waals surface area (Å²) in [6.07, 6.45) is 31.8. The van der Waals surface area contributed by atoms with Crippen LogP contribution in [0.5, 0.6) is 11.5 Å². The molecule has 932 valence electrons. The van der Waals surface area contributed by atoms with Gasteiger partial charge >= 0.3 is 0 Å². The van der Waals surface area contributed by atoms with Crippen LogP contribution in [0.1, 0.15) is 458 Å². The van der Waals surface area contributed by atoms with Crippen LogP contribution in [0.15, 0.2) is 48.5 Å². The summed E-state index contributed by atoms with van der Waals surface area (Å²) < 4.78 is 46.4. The maximum atomic E-state index is 10.1. The minimum atomic E-state index is 0. The second-order valence-corrected chi connectivity index (χ2v) is 32.0. The second-order valence-electron chi connectivity index (χ2n) is 29.7. The molecule has 24 heteroatoms. The van der Waals surface area contributed by atoms with Crippen molar-refractivity contribution < 1.29 is 47.4 Å². The number of benzene rings is 2. The molecule has 2 aliphatic carbocycles. The molecule has 0 spiro atoms. The summed E-state index contributed by atoms with van der Waals surface area (Å²) in [6, 6.07) is 17.3. The Morgan fingerprint density at radius 3 is 0.873 bits per heavy atom. The molecule has 22 nitrogen and oxygen atoms in total. The second kappa shape index (κ2) is 188. The maximum Gasteiger partial charge on any atom is 0.209 e. The van der Waals surface area contributed by atoms with Crippen LogP contribution >= 0.6 is 23.5 Å². The molecule has 17 fully saturated rings. The molecule has 0 aromatic heterocycles. The lowest BCUT2D eigenvalue weighted by molar-refractivity contribution is -0.118. The zero-order chi connectivity index (χ0) is 104. The highest BCUT2D eigenvalue weighted by atomic mass is 32.2. The van der Waals surface area contributed by atoms with Crippen molar-refractivity contribution in [2.45, 2.75) is 478 Å². The Morgan fingerprint density at radius 2 is 0.627 bits per heavy atom. The van der Waals surface area contributed by atoms with Crippen LogP contribution < -0.4 is 68.0 Å². The number of fused-ring (bicyclic) bond motifs is 9. The van der Waals surface area contributed by atoms with Crippen LogP contribution in [0, 0.1) is 29.6 Å². The normalized spacial score (nSPS) is 20.7. The average molecular weight is 2200 g/mol. The lowest BCUT2D eigenvalue weighted by Gasteiger charge is -2.22. The molecule has 8 unspecified atom stereocenters. The average Bonchev–Trinajstić information content (AvgIpc) is 1.62. The number of para-hydroxylation sites is 2. The number of piperazine rings is 2. The SMILES string of the molecule is C.C.C.C.C.C.C.C.C.C.C.C.C.C.C1CC2CC2N1.C1CC2OC1C1CNCC21.C1CCCNCC1.C1CCCOCC1.C1CCNCC1.C1CCOCC1.C1CNCCN1.C1COCCN1.C1COCOC1.C1COCSC1.C1CSCCN1.C1NCC2CC12.CC.CC.CC.CC.CC.CC.CC.CC.CC.CC.CC.CC.CC.CC.CC.O=CN1CCNCC1.c1ccc2c(c1)CCNC2.c1ccc2c(c1)OCCO2. The quantitative estimate of drug-likeness (QED) is 0.119. The summed E-state index contributed by atoms with van der Waals surface area (Å²) in [5.74, 6) is 11.6. The van der Waals surface area contributed by atoms with Gasteiger partial charge < -0.3 is 106 Å². The molecule has 11 N–H and O–H groups in total. The zero-order valence-electron chi connectivity index (χ0n) is 95.8. The molecule has 2 aromatic carbocycles. The van der Waals surface area contributed by atoms with Gasteiger partial charge in [0.15, 0.2) is 11.5 Å². The van der Waals surface area contributed by atoms with Gasteiger partial charge in [0.1, 0.15) is 20.0 Å². The van der Waals surface area contributed by atoms with Gasteiger partial charge in [0.05, 0.1) is 44.6 Å². The standard InChI is InChI=1S/C9H11N.C8H13NO.C8H8O2.C6H13N.C6H12O.C5H10N2O.2C5H9N.C5H11N.C5H10O.C4H10N2.C4H9NO.C4H9NS.C4H8O2.C4H8OS.15C2H6.14CH4/c1-2-4-9-7-10-6-5-8(9)3-1;1-2-8-6-4-9-3-5(6)7(1)10-8;1-2-4-8-7(3-1)9-5-6-10-8;2*1-2-4-6-7-5-3-1;8-5-7-3-1-6-2-4-7;1-4-2-6-3-5(1)4;1-2-6-5-3-4(1)5;2*1-2-4-6-5-3-1;1-2-6-4-3-5-1;2*1-3-6-4-2-5-1;2*1-2-5-4-6-3-1;15*1-2;;;;;;;;;;;;;;/h1-4,10H,5-7H2;5-9H,1-4H2;1-4H,5-6H2;7H,1-6H2;1-6H2;5-6H,1-4H2;2*4-6H,1-3H2;6H,1-5H2;1-5H2;5-6H,1-4H2;2*5H,1-4H2;2*1-4H2;15*1-2H3;14*1H4. The molecule has 2 saturated carbocycles. The van der Waals surface area contributed by atoms with Crippen molar-refractivity contribution in [3.63, 3.8) is 0 Å². The Balaban J connectivity index is -0.0000000537. The highest BCUT2D eigenvalue weighted by Gasteiger charge is 2.50. The fraction of sp³-hybridized carbons (Fsp3) is 0.897. The first-order chi connectivity index (χ1) is 67.7. The Bertz CT molecular complexity index is 1940. The molecule has 15 saturated heterocycles. The molecule has 1 amide bonds. The van der Waals surface area contributed by atoms with Crippen LogP contribution in [0.3, 0.4) is 0 Å². The van der Waals surface area contributed by atoms with E-state index < -0.39 is 0 Å². The number of amides is 1. The number of piperidine rings is 3. The zero-order valence-corrected chi connectivity index (χ0v) is 97.4. The van der Waals surface area contributed by atoms with Crippen LogP contribution in [-0.4, -0.2) is 276 Å². The Kier molecular flexibility index (Phi) is 256. The predicted molar refractivity (Wildman–Crippen MR) is 702 cm³/mol. The van der Waals surface area contributed by atoms with Crippen molar-refractivity contribution >= 4 is 29.9 Å². The van der Waals surface area contributed by atoms with Gasteiger partial charge in [-0.2, -0.15) is 11.8 Å². The molecule has 0 radical (unpaired) electrons. The Hall–Kier alpha value is -2.51. The van der Waals surface area contributed by atoms with Gasteiger partial charge in [-0.25, -0.2) is 0 Å². The van der Waals surface area contributed by atoms with Crippen LogP contribution in [0.2, 0.25) is 0 Å². The van der Waals surface area contributed by atoms with Gasteiger partial charge in [0.2, 0.25) is 6.41 Å². The van der Waals surface area contributed by atoms with Gasteiger partial charge in [0.25, 0.3) is 0 Å². The molecule has 8 atom stereocenters. The maximum absolute atomic E-state index is 10.1. The van der Waals surface area contributed by atoms with Crippen LogP contribution in [0.25, 0.3) is 0 Å². The molecule has 150 heavy (non-hydrogen) atoms. The van der Waals surface area contributed by atoms with Gasteiger partial charge in [-0.15, -0.1) is 11.8 Å². The van der Waals surface area contributed by atoms with E-state index in [4.69, 9.17) is 42.6 Å². The molecule has 21 rings (SSSR count). The number of carbonyl (C=O) groups is 1. The van der Waals surface area contributed by atoms with E-state index in [0.29, 0.717) is 32.2 Å². The van der Waals surface area contributed by atoms with E-state index in [1.807, 2.05) is 256 Å². The van der Waals surface area contributed by atoms with Gasteiger partial charge in [0, 0.05) is 161 Å². The largest absolute Gasteiger partial charge is 0.486 e. The summed E-state index contributed by atoms with van der Waals surface area (Å²) in [5, 5.41) is 36.1. The minimum absolute atomic E-state index is 0. The third-order valence-electron chi connectivity index (χ3n) is 21.0. The van der Waals surface area contributed by atoms with Gasteiger partial charge in [-0.05, 0) is 208 Å². The highest BCUT2D eigenvalue weighted by Crippen LogP contribution is 2.45. The Morgan fingerprint density at radius 1 is 0.280 bits per heavy atom. The van der Waals surface area contributed by atoms with E-state index in [1.54, 1.807) is 4.90 Å². The first kappa shape index (κ1) is 204. The third-order valence-corrected chi connectivity index (χ3v) is 22.9. The number of hydrogen-bond acceptors (Lipinski definition) is 23. The summed E-state index contributed by atoms with van der Waals surface area (Å²) in [7, 11) is 0. The van der Waals surface area contributed by atoms with E-state index in [0.717, 1.165) is 204 Å². The van der Waals surface area contributed by atoms with Crippen LogP contribution in [0.4, 0.5) is 0 Å². The van der Waals surface area contributed by atoms with Gasteiger partial charge in [-0.3, -0.25) is 4.79 Å². The van der Waals surface area contributed by atoms with Gasteiger partial charge in [-0.1, -0.05) is 380 Å². The van der Waals surface area contributed by atoms with E-state index in [2.05, 4.69) is 82.8 Å². The number of hydrogen-bond donors (Lipinski definition) is 11. The predicted octanol–water partition coefficient (Wildman–Crippen LogP) is 32.4. The summed E-state index contributed by atoms with van der Waals surface area (Å²) in [6.45, 7) is 96.5. The topological polar surface area (TPSA) is 236 Å². The first-order valence-corrected chi connectivity index (χ1v) is 59.7. The number of carbonyl (C=O) groups excluding carboxylic acids is 1. The van der Waals surface area contributed by atoms with E-state index in [-0.39, 0.29) is 104 Å². The summed E-state index contributed by atoms with van der Waals surface area (Å²) >= 11 is 3.91. The number of thioether (sulfide) groups is 2. The number of rotatable bonds is 1. The molecule has 17 heterocycles. The number of nitrogens with zero attached hydrogens (tertiary/aromatic N) is 1.